The van der Waals surface area contributed by atoms with Crippen molar-refractivity contribution < 1.29 is 14.3 Å². The minimum absolute atomic E-state index is 0.0710. The second-order valence-corrected chi connectivity index (χ2v) is 6.25. The van der Waals surface area contributed by atoms with Crippen molar-refractivity contribution in [2.24, 2.45) is 5.92 Å². The molecule has 0 saturated heterocycles. The fourth-order valence-corrected chi connectivity index (χ4v) is 1.91. The van der Waals surface area contributed by atoms with Crippen molar-refractivity contribution >= 4 is 11.9 Å². The molecular formula is C18H24N2O3. The minimum atomic E-state index is -1.00. The smallest absolute Gasteiger partial charge is 0.339 e. The number of benzene rings is 1. The summed E-state index contributed by atoms with van der Waals surface area (Å²) in [4.78, 5) is 24.4. The third-order valence-electron chi connectivity index (χ3n) is 4.25. The number of aryl methyl sites for hydroxylation is 1. The van der Waals surface area contributed by atoms with E-state index < -0.39 is 23.5 Å². The zero-order chi connectivity index (χ0) is 17.8. The van der Waals surface area contributed by atoms with Gasteiger partial charge in [-0.2, -0.15) is 5.26 Å². The van der Waals surface area contributed by atoms with E-state index in [9.17, 15) is 14.9 Å². The molecule has 5 heteroatoms. The summed E-state index contributed by atoms with van der Waals surface area (Å²) in [5, 5.41) is 11.9. The van der Waals surface area contributed by atoms with Gasteiger partial charge in [0.05, 0.1) is 11.6 Å². The van der Waals surface area contributed by atoms with Crippen molar-refractivity contribution in [3.63, 3.8) is 0 Å². The van der Waals surface area contributed by atoms with Crippen LogP contribution < -0.4 is 5.32 Å². The van der Waals surface area contributed by atoms with E-state index in [1.54, 1.807) is 19.1 Å². The first-order valence-corrected chi connectivity index (χ1v) is 7.63. The molecule has 1 rings (SSSR count). The van der Waals surface area contributed by atoms with E-state index in [-0.39, 0.29) is 5.92 Å². The third-order valence-corrected chi connectivity index (χ3v) is 4.25. The van der Waals surface area contributed by atoms with Gasteiger partial charge in [-0.25, -0.2) is 4.79 Å². The van der Waals surface area contributed by atoms with Gasteiger partial charge in [-0.15, -0.1) is 0 Å². The van der Waals surface area contributed by atoms with Gasteiger partial charge in [-0.05, 0) is 50.8 Å². The molecule has 0 aliphatic carbocycles. The second-order valence-electron chi connectivity index (χ2n) is 6.25. The van der Waals surface area contributed by atoms with E-state index >= 15 is 0 Å². The molecule has 0 spiro atoms. The Bertz CT molecular complexity index is 646. The second kappa shape index (κ2) is 7.28. The van der Waals surface area contributed by atoms with Crippen LogP contribution in [0.5, 0.6) is 0 Å². The van der Waals surface area contributed by atoms with Crippen LogP contribution in [0, 0.1) is 31.1 Å². The lowest BCUT2D eigenvalue weighted by Gasteiger charge is -2.28. The molecule has 0 aromatic heterocycles. The quantitative estimate of drug-likeness (QED) is 0.847. The van der Waals surface area contributed by atoms with Crippen LogP contribution in [0.15, 0.2) is 18.2 Å². The highest BCUT2D eigenvalue weighted by Gasteiger charge is 2.32. The van der Waals surface area contributed by atoms with Crippen molar-refractivity contribution in [1.82, 2.24) is 5.32 Å². The molecule has 0 aliphatic heterocycles. The summed E-state index contributed by atoms with van der Waals surface area (Å²) in [7, 11) is 0. The number of hydrogen-bond donors (Lipinski definition) is 1. The summed E-state index contributed by atoms with van der Waals surface area (Å²) < 4.78 is 5.24. The standard InChI is InChI=1S/C18H24N2O3/c1-11(2)18(6,10-19)20-16(21)14(5)23-17(22)15-9-7-8-12(3)13(15)4/h7-9,11,14H,1-6H3,(H,20,21)/t14-,18-/m0/s1. The van der Waals surface area contributed by atoms with E-state index in [4.69, 9.17) is 4.74 Å². The van der Waals surface area contributed by atoms with Crippen LogP contribution >= 0.6 is 0 Å². The zero-order valence-corrected chi connectivity index (χ0v) is 14.6. The number of ether oxygens (including phenoxy) is 1. The molecule has 0 radical (unpaired) electrons. The van der Waals surface area contributed by atoms with Gasteiger partial charge in [0.15, 0.2) is 6.10 Å². The van der Waals surface area contributed by atoms with Gasteiger partial charge in [-0.3, -0.25) is 4.79 Å². The molecule has 1 N–H and O–H groups in total. The monoisotopic (exact) mass is 316 g/mol. The first-order valence-electron chi connectivity index (χ1n) is 7.63. The predicted molar refractivity (Wildman–Crippen MR) is 87.8 cm³/mol. The Morgan fingerprint density at radius 3 is 2.39 bits per heavy atom. The molecule has 0 heterocycles. The Kier molecular flexibility index (Phi) is 5.91. The molecule has 0 saturated carbocycles. The number of nitrogens with one attached hydrogen (secondary N) is 1. The van der Waals surface area contributed by atoms with Gasteiger partial charge in [0.1, 0.15) is 5.54 Å². The summed E-state index contributed by atoms with van der Waals surface area (Å²) in [5.41, 5.74) is 1.25. The third kappa shape index (κ3) is 4.32. The van der Waals surface area contributed by atoms with Crippen molar-refractivity contribution in [3.05, 3.63) is 34.9 Å². The lowest BCUT2D eigenvalue weighted by molar-refractivity contribution is -0.130. The van der Waals surface area contributed by atoms with Gasteiger partial charge < -0.3 is 10.1 Å². The highest BCUT2D eigenvalue weighted by Crippen LogP contribution is 2.17. The molecule has 0 fully saturated rings. The van der Waals surface area contributed by atoms with Crippen LogP contribution in [-0.4, -0.2) is 23.5 Å². The van der Waals surface area contributed by atoms with Crippen LogP contribution in [0.2, 0.25) is 0 Å². The summed E-state index contributed by atoms with van der Waals surface area (Å²) in [6.07, 6.45) is -0.978. The van der Waals surface area contributed by atoms with Gasteiger partial charge in [-0.1, -0.05) is 26.0 Å². The SMILES string of the molecule is Cc1cccc(C(=O)O[C@@H](C)C(=O)N[C@@](C)(C#N)C(C)C)c1C. The molecule has 124 valence electrons. The van der Waals surface area contributed by atoms with E-state index in [1.165, 1.54) is 6.92 Å². The summed E-state index contributed by atoms with van der Waals surface area (Å²) >= 11 is 0. The number of nitrogens with zero attached hydrogens (tertiary/aromatic N) is 1. The molecule has 5 nitrogen and oxygen atoms in total. The molecule has 2 atom stereocenters. The van der Waals surface area contributed by atoms with Gasteiger partial charge in [0, 0.05) is 0 Å². The van der Waals surface area contributed by atoms with E-state index in [0.29, 0.717) is 5.56 Å². The maximum atomic E-state index is 12.2. The Labute approximate surface area is 137 Å². The number of hydrogen-bond acceptors (Lipinski definition) is 4. The number of nitriles is 1. The summed E-state index contributed by atoms with van der Waals surface area (Å²) in [6.45, 7) is 10.6. The van der Waals surface area contributed by atoms with Crippen molar-refractivity contribution in [2.75, 3.05) is 0 Å². The van der Waals surface area contributed by atoms with Crippen molar-refractivity contribution in [1.29, 1.82) is 5.26 Å². The molecule has 1 aromatic carbocycles. The first-order chi connectivity index (χ1) is 10.6. The van der Waals surface area contributed by atoms with Crippen LogP contribution in [-0.2, 0) is 9.53 Å². The lowest BCUT2D eigenvalue weighted by Crippen LogP contribution is -2.52. The first kappa shape index (κ1) is 18.7. The highest BCUT2D eigenvalue weighted by molar-refractivity contribution is 5.93. The Hall–Kier alpha value is -2.35. The molecular weight excluding hydrogens is 292 g/mol. The van der Waals surface area contributed by atoms with Gasteiger partial charge in [0.2, 0.25) is 0 Å². The maximum Gasteiger partial charge on any atom is 0.339 e. The molecule has 1 amide bonds. The van der Waals surface area contributed by atoms with Gasteiger partial charge in [0.25, 0.3) is 5.91 Å². The number of carbonyl (C=O) groups is 2. The normalized spacial score (nSPS) is 14.5. The number of rotatable bonds is 5. The highest BCUT2D eigenvalue weighted by atomic mass is 16.5. The summed E-state index contributed by atoms with van der Waals surface area (Å²) in [6, 6.07) is 7.44. The van der Waals surface area contributed by atoms with E-state index in [0.717, 1.165) is 11.1 Å². The largest absolute Gasteiger partial charge is 0.449 e. The average molecular weight is 316 g/mol. The van der Waals surface area contributed by atoms with Gasteiger partial charge >= 0.3 is 5.97 Å². The lowest BCUT2D eigenvalue weighted by atomic mass is 9.90. The molecule has 1 aromatic rings. The Morgan fingerprint density at radius 1 is 1.26 bits per heavy atom. The average Bonchev–Trinajstić information content (AvgIpc) is 2.49. The Morgan fingerprint density at radius 2 is 1.87 bits per heavy atom. The molecule has 0 bridgehead atoms. The number of amides is 1. The maximum absolute atomic E-state index is 12.2. The minimum Gasteiger partial charge on any atom is -0.449 e. The van der Waals surface area contributed by atoms with E-state index in [2.05, 4.69) is 11.4 Å². The zero-order valence-electron chi connectivity index (χ0n) is 14.6. The van der Waals surface area contributed by atoms with E-state index in [1.807, 2.05) is 33.8 Å². The molecule has 0 unspecified atom stereocenters. The van der Waals surface area contributed by atoms with Crippen molar-refractivity contribution in [2.45, 2.75) is 53.2 Å². The molecule has 0 aliphatic rings. The van der Waals surface area contributed by atoms with Crippen LogP contribution in [0.1, 0.15) is 49.2 Å². The van der Waals surface area contributed by atoms with Crippen molar-refractivity contribution in [3.8, 4) is 6.07 Å². The fraction of sp³-hybridized carbons (Fsp3) is 0.500. The Balaban J connectivity index is 2.81. The number of carbonyl (C=O) groups excluding carboxylic acids is 2. The van der Waals surface area contributed by atoms with Crippen LogP contribution in [0.25, 0.3) is 0 Å². The summed E-state index contributed by atoms with van der Waals surface area (Å²) in [5.74, 6) is -1.10. The number of esters is 1. The van der Waals surface area contributed by atoms with Crippen LogP contribution in [0.4, 0.5) is 0 Å². The predicted octanol–water partition coefficient (Wildman–Crippen LogP) is 2.90. The molecule has 23 heavy (non-hydrogen) atoms. The topological polar surface area (TPSA) is 79.2 Å². The van der Waals surface area contributed by atoms with Crippen LogP contribution in [0.3, 0.4) is 0 Å². The fourth-order valence-electron chi connectivity index (χ4n) is 1.91.